The van der Waals surface area contributed by atoms with E-state index in [-0.39, 0.29) is 18.1 Å². The first kappa shape index (κ1) is 21.8. The smallest absolute Gasteiger partial charge is 0.311 e. The Morgan fingerprint density at radius 3 is 2.29 bits per heavy atom. The van der Waals surface area contributed by atoms with E-state index < -0.39 is 5.97 Å². The van der Waals surface area contributed by atoms with Gasteiger partial charge in [-0.3, -0.25) is 9.59 Å². The van der Waals surface area contributed by atoms with Gasteiger partial charge >= 0.3 is 5.97 Å². The van der Waals surface area contributed by atoms with E-state index in [1.54, 1.807) is 48.5 Å². The fourth-order valence-corrected chi connectivity index (χ4v) is 2.76. The van der Waals surface area contributed by atoms with E-state index in [1.807, 2.05) is 0 Å². The van der Waals surface area contributed by atoms with Crippen molar-refractivity contribution in [1.29, 1.82) is 0 Å². The first-order valence-electron chi connectivity index (χ1n) is 9.68. The Labute approximate surface area is 179 Å². The summed E-state index contributed by atoms with van der Waals surface area (Å²) in [5, 5.41) is 2.77. The predicted octanol–water partition coefficient (Wildman–Crippen LogP) is 4.85. The number of para-hydroxylation sites is 1. The molecule has 0 aliphatic heterocycles. The molecule has 0 fully saturated rings. The average molecular weight is 423 g/mol. The van der Waals surface area contributed by atoms with E-state index in [1.165, 1.54) is 31.4 Å². The van der Waals surface area contributed by atoms with Gasteiger partial charge in [0.15, 0.2) is 0 Å². The molecule has 0 spiro atoms. The largest absolute Gasteiger partial charge is 0.496 e. The van der Waals surface area contributed by atoms with Gasteiger partial charge in [-0.15, -0.1) is 0 Å². The lowest BCUT2D eigenvalue weighted by atomic mass is 10.2. The molecule has 0 saturated heterocycles. The summed E-state index contributed by atoms with van der Waals surface area (Å²) in [6.07, 6.45) is 0.636. The van der Waals surface area contributed by atoms with Crippen molar-refractivity contribution in [1.82, 2.24) is 0 Å². The van der Waals surface area contributed by atoms with Crippen molar-refractivity contribution in [3.63, 3.8) is 0 Å². The molecule has 0 unspecified atom stereocenters. The number of benzene rings is 3. The highest BCUT2D eigenvalue weighted by atomic mass is 19.1. The molecular weight excluding hydrogens is 401 g/mol. The molecule has 0 saturated carbocycles. The number of ether oxygens (including phenoxy) is 3. The topological polar surface area (TPSA) is 73.9 Å². The van der Waals surface area contributed by atoms with Crippen molar-refractivity contribution in [3.8, 4) is 17.2 Å². The Morgan fingerprint density at radius 1 is 0.903 bits per heavy atom. The number of halogens is 1. The fourth-order valence-electron chi connectivity index (χ4n) is 2.76. The lowest BCUT2D eigenvalue weighted by molar-refractivity contribution is -0.134. The van der Waals surface area contributed by atoms with Crippen LogP contribution in [-0.4, -0.2) is 25.6 Å². The minimum absolute atomic E-state index is 0.174. The molecule has 3 aromatic carbocycles. The van der Waals surface area contributed by atoms with Crippen molar-refractivity contribution in [2.45, 2.75) is 12.8 Å². The third-order valence-corrected chi connectivity index (χ3v) is 4.30. The summed E-state index contributed by atoms with van der Waals surface area (Å²) in [5.41, 5.74) is 0.978. The van der Waals surface area contributed by atoms with Crippen molar-refractivity contribution < 1.29 is 28.2 Å². The molecule has 0 radical (unpaired) electrons. The maximum atomic E-state index is 12.8. The normalized spacial score (nSPS) is 10.3. The molecule has 160 valence electrons. The van der Waals surface area contributed by atoms with E-state index in [0.717, 1.165) is 0 Å². The number of nitrogens with one attached hydrogen (secondary N) is 1. The van der Waals surface area contributed by atoms with Gasteiger partial charge in [-0.05, 0) is 67.1 Å². The minimum atomic E-state index is -0.395. The van der Waals surface area contributed by atoms with E-state index in [9.17, 15) is 14.0 Å². The Bertz CT molecular complexity index is 1020. The first-order valence-corrected chi connectivity index (χ1v) is 9.68. The quantitative estimate of drug-likeness (QED) is 0.303. The summed E-state index contributed by atoms with van der Waals surface area (Å²) in [7, 11) is 1.50. The van der Waals surface area contributed by atoms with Gasteiger partial charge in [0.25, 0.3) is 5.91 Å². The standard InChI is InChI=1S/C24H22FNO5/c1-29-22-6-3-2-5-21(22)24(28)26-18-10-14-20(15-11-18)31-23(27)7-4-16-30-19-12-8-17(25)9-13-19/h2-3,5-6,8-15H,4,7,16H2,1H3,(H,26,28). The van der Waals surface area contributed by atoms with Gasteiger partial charge in [0, 0.05) is 12.1 Å². The van der Waals surface area contributed by atoms with Crippen LogP contribution in [0.1, 0.15) is 23.2 Å². The van der Waals surface area contributed by atoms with Crippen LogP contribution in [0.2, 0.25) is 0 Å². The number of carbonyl (C=O) groups excluding carboxylic acids is 2. The van der Waals surface area contributed by atoms with Gasteiger partial charge in [0.05, 0.1) is 19.3 Å². The zero-order valence-electron chi connectivity index (χ0n) is 17.0. The van der Waals surface area contributed by atoms with E-state index in [4.69, 9.17) is 14.2 Å². The highest BCUT2D eigenvalue weighted by Crippen LogP contribution is 2.21. The van der Waals surface area contributed by atoms with Crippen molar-refractivity contribution >= 4 is 17.6 Å². The van der Waals surface area contributed by atoms with Crippen LogP contribution in [0, 0.1) is 5.82 Å². The summed E-state index contributed by atoms with van der Waals surface area (Å²) < 4.78 is 28.8. The van der Waals surface area contributed by atoms with E-state index in [0.29, 0.717) is 41.5 Å². The molecule has 0 aliphatic carbocycles. The Kier molecular flexibility index (Phi) is 7.59. The summed E-state index contributed by atoms with van der Waals surface area (Å²) in [5.74, 6) is 0.368. The molecule has 1 amide bonds. The monoisotopic (exact) mass is 423 g/mol. The summed E-state index contributed by atoms with van der Waals surface area (Å²) in [4.78, 5) is 24.4. The van der Waals surface area contributed by atoms with Gasteiger partial charge < -0.3 is 19.5 Å². The SMILES string of the molecule is COc1ccccc1C(=O)Nc1ccc(OC(=O)CCCOc2ccc(F)cc2)cc1. The fraction of sp³-hybridized carbons (Fsp3) is 0.167. The molecule has 3 rings (SSSR count). The molecule has 0 aliphatic rings. The predicted molar refractivity (Wildman–Crippen MR) is 114 cm³/mol. The number of amides is 1. The van der Waals surface area contributed by atoms with Crippen LogP contribution in [0.15, 0.2) is 72.8 Å². The van der Waals surface area contributed by atoms with Crippen LogP contribution in [-0.2, 0) is 4.79 Å². The van der Waals surface area contributed by atoms with Crippen molar-refractivity contribution in [2.75, 3.05) is 19.0 Å². The Hall–Kier alpha value is -3.87. The summed E-state index contributed by atoms with van der Waals surface area (Å²) in [6, 6.07) is 19.1. The third kappa shape index (κ3) is 6.57. The number of anilines is 1. The number of carbonyl (C=O) groups is 2. The maximum Gasteiger partial charge on any atom is 0.311 e. The van der Waals surface area contributed by atoms with Crippen molar-refractivity contribution in [2.24, 2.45) is 0 Å². The van der Waals surface area contributed by atoms with E-state index in [2.05, 4.69) is 5.32 Å². The zero-order valence-corrected chi connectivity index (χ0v) is 17.0. The van der Waals surface area contributed by atoms with Crippen molar-refractivity contribution in [3.05, 3.63) is 84.2 Å². The van der Waals surface area contributed by atoms with Gasteiger partial charge in [-0.1, -0.05) is 12.1 Å². The highest BCUT2D eigenvalue weighted by Gasteiger charge is 2.12. The Balaban J connectivity index is 1.43. The molecule has 31 heavy (non-hydrogen) atoms. The second-order valence-corrected chi connectivity index (χ2v) is 6.56. The second-order valence-electron chi connectivity index (χ2n) is 6.56. The van der Waals surface area contributed by atoms with Gasteiger partial charge in [-0.2, -0.15) is 0 Å². The lowest BCUT2D eigenvalue weighted by Crippen LogP contribution is -2.13. The molecule has 3 aromatic rings. The molecule has 7 heteroatoms. The van der Waals surface area contributed by atoms with Gasteiger partial charge in [0.1, 0.15) is 23.1 Å². The first-order chi connectivity index (χ1) is 15.0. The number of esters is 1. The number of methoxy groups -OCH3 is 1. The summed E-state index contributed by atoms with van der Waals surface area (Å²) in [6.45, 7) is 0.314. The highest BCUT2D eigenvalue weighted by molar-refractivity contribution is 6.06. The summed E-state index contributed by atoms with van der Waals surface area (Å²) >= 11 is 0. The molecule has 0 aromatic heterocycles. The minimum Gasteiger partial charge on any atom is -0.496 e. The second kappa shape index (κ2) is 10.8. The van der Waals surface area contributed by atoms with Crippen LogP contribution >= 0.6 is 0 Å². The molecule has 0 atom stereocenters. The van der Waals surface area contributed by atoms with Gasteiger partial charge in [-0.25, -0.2) is 4.39 Å². The van der Waals surface area contributed by atoms with Crippen LogP contribution in [0.5, 0.6) is 17.2 Å². The van der Waals surface area contributed by atoms with Crippen LogP contribution in [0.25, 0.3) is 0 Å². The average Bonchev–Trinajstić information content (AvgIpc) is 2.79. The van der Waals surface area contributed by atoms with Crippen LogP contribution in [0.3, 0.4) is 0 Å². The lowest BCUT2D eigenvalue weighted by Gasteiger charge is -2.10. The van der Waals surface area contributed by atoms with E-state index >= 15 is 0 Å². The van der Waals surface area contributed by atoms with Crippen LogP contribution < -0.4 is 19.5 Å². The third-order valence-electron chi connectivity index (χ3n) is 4.30. The maximum absolute atomic E-state index is 12.8. The molecular formula is C24H22FNO5. The molecule has 1 N–H and O–H groups in total. The number of rotatable bonds is 9. The molecule has 0 bridgehead atoms. The number of hydrogen-bond donors (Lipinski definition) is 1. The Morgan fingerprint density at radius 2 is 1.58 bits per heavy atom. The van der Waals surface area contributed by atoms with Gasteiger partial charge in [0.2, 0.25) is 0 Å². The zero-order chi connectivity index (χ0) is 22.1. The molecule has 6 nitrogen and oxygen atoms in total. The molecule has 0 heterocycles. The van der Waals surface area contributed by atoms with Crippen LogP contribution in [0.4, 0.5) is 10.1 Å². The number of hydrogen-bond acceptors (Lipinski definition) is 5.